The van der Waals surface area contributed by atoms with Crippen LogP contribution in [0, 0.1) is 5.41 Å². The van der Waals surface area contributed by atoms with Crippen LogP contribution in [0.4, 0.5) is 11.4 Å². The van der Waals surface area contributed by atoms with E-state index in [1.165, 1.54) is 17.9 Å². The zero-order valence-electron chi connectivity index (χ0n) is 38.5. The number of Topliss-reactive ketones (excluding diaryl/α,β-unsaturated/α-hetero) is 2. The third kappa shape index (κ3) is 9.58. The Balaban J connectivity index is 0.933. The predicted octanol–water partition coefficient (Wildman–Crippen LogP) is 7.83. The minimum absolute atomic E-state index is 0.0443. The van der Waals surface area contributed by atoms with E-state index in [2.05, 4.69) is 20.9 Å². The number of benzene rings is 3. The maximum absolute atomic E-state index is 13.9. The highest BCUT2D eigenvalue weighted by Crippen LogP contribution is 2.40. The van der Waals surface area contributed by atoms with Gasteiger partial charge in [-0.05, 0) is 63.3 Å². The number of amides is 4. The molecule has 0 saturated carbocycles. The number of fused-ring (bicyclic) bond motifs is 1. The molecule has 1 atom stereocenters. The summed E-state index contributed by atoms with van der Waals surface area (Å²) >= 11 is 1.15. The van der Waals surface area contributed by atoms with Crippen molar-refractivity contribution in [2.75, 3.05) is 24.3 Å². The topological polar surface area (TPSA) is 217 Å². The monoisotopic (exact) mass is 946 g/mol. The number of esters is 1. The summed E-state index contributed by atoms with van der Waals surface area (Å²) in [5.74, 6) is -3.13. The van der Waals surface area contributed by atoms with Crippen LogP contribution in [0.5, 0.6) is 0 Å². The van der Waals surface area contributed by atoms with Gasteiger partial charge in [0.05, 0.1) is 31.5 Å². The Labute approximate surface area is 399 Å². The molecule has 3 aliphatic rings. The van der Waals surface area contributed by atoms with E-state index >= 15 is 0 Å². The number of ether oxygens (including phenoxy) is 1. The second-order valence-corrected chi connectivity index (χ2v) is 18.6. The summed E-state index contributed by atoms with van der Waals surface area (Å²) in [6.07, 6.45) is 14.0. The van der Waals surface area contributed by atoms with Crippen molar-refractivity contribution in [1.29, 1.82) is 0 Å². The van der Waals surface area contributed by atoms with E-state index in [0.717, 1.165) is 21.6 Å². The van der Waals surface area contributed by atoms with Crippen molar-refractivity contribution in [2.45, 2.75) is 59.3 Å². The number of aromatic nitrogens is 3. The van der Waals surface area contributed by atoms with Gasteiger partial charge in [0.15, 0.2) is 11.6 Å². The second kappa shape index (κ2) is 19.3. The fourth-order valence-electron chi connectivity index (χ4n) is 8.58. The van der Waals surface area contributed by atoms with Crippen LogP contribution < -0.4 is 16.3 Å². The van der Waals surface area contributed by atoms with E-state index in [9.17, 15) is 38.4 Å². The molecule has 2 aromatic heterocycles. The van der Waals surface area contributed by atoms with Crippen molar-refractivity contribution >= 4 is 86.0 Å². The normalized spacial score (nSPS) is 15.4. The largest absolute Gasteiger partial charge is 0.469 e. The van der Waals surface area contributed by atoms with Gasteiger partial charge in [-0.15, -0.1) is 16.9 Å². The molecule has 0 spiro atoms. The summed E-state index contributed by atoms with van der Waals surface area (Å²) in [4.78, 5) is 108. The Kier molecular flexibility index (Phi) is 13.3. The maximum Gasteiger partial charge on any atom is 0.360 e. The minimum atomic E-state index is -0.979. The summed E-state index contributed by atoms with van der Waals surface area (Å²) in [7, 11) is 1.23. The molecule has 0 saturated heterocycles. The summed E-state index contributed by atoms with van der Waals surface area (Å²) in [6.45, 7) is 8.39. The quantitative estimate of drug-likeness (QED) is 0.0470. The molecule has 3 aromatic carbocycles. The van der Waals surface area contributed by atoms with E-state index in [4.69, 9.17) is 9.15 Å². The number of allylic oxidation sites excluding steroid dienone is 11. The minimum Gasteiger partial charge on any atom is -0.469 e. The van der Waals surface area contributed by atoms with Gasteiger partial charge in [0.2, 0.25) is 11.8 Å². The lowest BCUT2D eigenvalue weighted by atomic mass is 9.71. The Morgan fingerprint density at radius 2 is 1.54 bits per heavy atom. The van der Waals surface area contributed by atoms with Crippen molar-refractivity contribution in [1.82, 2.24) is 19.9 Å². The standard InChI is InChI=1S/C52H46N6O10S/c1-28-29(2)47(62)45(30(3)46(28)61)52(4,5)26-42(59)53-37-20-19-36-44-34(37)15-12-16-35(44)49(64)58(50(36)65)22-21-57-27-39(55-56-57)31-17-18-32-23-38(51(66)68-40(32)24-31)54-48(63)41(25-43(60)67-6)69-33-13-10-8-7-9-11-14-33/h7-20,23-24,27,41H,21-22,25-26H2,1-6H3,(H,53,59)(H,54,63). The first-order valence-corrected chi connectivity index (χ1v) is 22.8. The van der Waals surface area contributed by atoms with E-state index in [-0.39, 0.29) is 59.9 Å². The fourth-order valence-corrected chi connectivity index (χ4v) is 9.61. The van der Waals surface area contributed by atoms with Crippen molar-refractivity contribution in [3.8, 4) is 11.3 Å². The molecule has 1 aliphatic heterocycles. The zero-order chi connectivity index (χ0) is 49.3. The van der Waals surface area contributed by atoms with Gasteiger partial charge in [-0.1, -0.05) is 73.7 Å². The first kappa shape index (κ1) is 47.4. The van der Waals surface area contributed by atoms with Crippen LogP contribution in [0.1, 0.15) is 68.2 Å². The highest BCUT2D eigenvalue weighted by atomic mass is 32.2. The molecule has 17 heteroatoms. The molecule has 8 rings (SSSR count). The summed E-state index contributed by atoms with van der Waals surface area (Å²) in [6, 6.07) is 14.7. The van der Waals surface area contributed by atoms with Crippen molar-refractivity contribution in [3.63, 3.8) is 0 Å². The van der Waals surface area contributed by atoms with Crippen LogP contribution in [0.15, 0.2) is 140 Å². The summed E-state index contributed by atoms with van der Waals surface area (Å²) in [5, 5.41) is 14.5. The van der Waals surface area contributed by atoms with Gasteiger partial charge in [0.1, 0.15) is 17.0 Å². The number of methoxy groups -OCH3 is 1. The number of anilines is 2. The van der Waals surface area contributed by atoms with Crippen LogP contribution in [0.3, 0.4) is 0 Å². The summed E-state index contributed by atoms with van der Waals surface area (Å²) < 4.78 is 11.9. The molecule has 0 bridgehead atoms. The lowest BCUT2D eigenvalue weighted by molar-refractivity contribution is -0.141. The molecule has 5 aromatic rings. The van der Waals surface area contributed by atoms with Gasteiger partial charge in [-0.25, -0.2) is 4.79 Å². The van der Waals surface area contributed by atoms with Gasteiger partial charge >= 0.3 is 11.6 Å². The molecule has 4 amide bonds. The molecule has 0 fully saturated rings. The Hall–Kier alpha value is -8.05. The summed E-state index contributed by atoms with van der Waals surface area (Å²) in [5.41, 5.74) is 1.60. The van der Waals surface area contributed by atoms with Crippen LogP contribution in [-0.2, 0) is 35.3 Å². The molecular formula is C52H46N6O10S. The number of carbonyl (C=O) groups excluding carboxylic acids is 7. The number of ketones is 2. The van der Waals surface area contributed by atoms with Crippen LogP contribution >= 0.6 is 11.8 Å². The van der Waals surface area contributed by atoms with E-state index < -0.39 is 45.9 Å². The third-order valence-electron chi connectivity index (χ3n) is 12.2. The van der Waals surface area contributed by atoms with Gasteiger partial charge in [0, 0.05) is 84.1 Å². The third-order valence-corrected chi connectivity index (χ3v) is 13.4. The number of nitrogens with zero attached hydrogens (tertiary/aromatic N) is 4. The number of hydrogen-bond donors (Lipinski definition) is 2. The van der Waals surface area contributed by atoms with Crippen molar-refractivity contribution < 1.29 is 42.7 Å². The highest BCUT2D eigenvalue weighted by molar-refractivity contribution is 8.04. The van der Waals surface area contributed by atoms with Crippen LogP contribution in [0.25, 0.3) is 33.0 Å². The van der Waals surface area contributed by atoms with Crippen molar-refractivity contribution in [3.05, 3.63) is 152 Å². The van der Waals surface area contributed by atoms with Crippen LogP contribution in [-0.4, -0.2) is 80.0 Å². The van der Waals surface area contributed by atoms with E-state index in [0.29, 0.717) is 55.4 Å². The highest BCUT2D eigenvalue weighted by Gasteiger charge is 2.39. The fraction of sp³-hybridized carbons (Fsp3) is 0.231. The van der Waals surface area contributed by atoms with Gasteiger partial charge < -0.3 is 19.8 Å². The first-order valence-electron chi connectivity index (χ1n) is 21.9. The predicted molar refractivity (Wildman–Crippen MR) is 261 cm³/mol. The average molecular weight is 947 g/mol. The molecule has 69 heavy (non-hydrogen) atoms. The molecule has 1 unspecified atom stereocenters. The maximum atomic E-state index is 13.9. The number of hydrogen-bond acceptors (Lipinski definition) is 13. The van der Waals surface area contributed by atoms with Gasteiger partial charge in [0.25, 0.3) is 11.8 Å². The molecule has 350 valence electrons. The zero-order valence-corrected chi connectivity index (χ0v) is 39.3. The number of carbonyl (C=O) groups is 7. The van der Waals surface area contributed by atoms with E-state index in [1.54, 1.807) is 101 Å². The first-order chi connectivity index (χ1) is 32.9. The van der Waals surface area contributed by atoms with Gasteiger partial charge in [-0.2, -0.15) is 0 Å². The smallest absolute Gasteiger partial charge is 0.360 e. The number of imide groups is 1. The molecule has 16 nitrogen and oxygen atoms in total. The van der Waals surface area contributed by atoms with Crippen molar-refractivity contribution in [2.24, 2.45) is 5.41 Å². The lowest BCUT2D eigenvalue weighted by Gasteiger charge is -2.31. The molecule has 2 aliphatic carbocycles. The number of thioether (sulfide) groups is 1. The van der Waals surface area contributed by atoms with E-state index in [1.807, 2.05) is 30.4 Å². The second-order valence-electron chi connectivity index (χ2n) is 17.3. The Bertz CT molecular complexity index is 3310. The molecule has 0 radical (unpaired) electrons. The Morgan fingerprint density at radius 3 is 2.30 bits per heavy atom. The van der Waals surface area contributed by atoms with Gasteiger partial charge in [-0.3, -0.25) is 43.1 Å². The molecular weight excluding hydrogens is 901 g/mol. The molecule has 3 heterocycles. The Morgan fingerprint density at radius 1 is 0.812 bits per heavy atom. The number of nitrogens with one attached hydrogen (secondary N) is 2. The molecule has 2 N–H and O–H groups in total. The van der Waals surface area contributed by atoms with Crippen LogP contribution in [0.2, 0.25) is 0 Å². The number of rotatable bonds is 14. The SMILES string of the molecule is COC(=O)CC(SC1=CC=CC=CC=C1)C(=O)Nc1cc2ccc(-c3cn(CCN4C(=O)c5cccc6c(NC(=O)CC(C)(C)C7=C(C)C(=O)C(C)=C(C)C7=O)ccc(c56)C4=O)nn3)cc2oc1=O. The average Bonchev–Trinajstić information content (AvgIpc) is 3.79. The lowest BCUT2D eigenvalue weighted by Crippen LogP contribution is -2.42.